The summed E-state index contributed by atoms with van der Waals surface area (Å²) >= 11 is 11.9. The fraction of sp³-hybridized carbons (Fsp3) is 0.222. The van der Waals surface area contributed by atoms with Crippen LogP contribution in [0.4, 0.5) is 0 Å². The molecule has 0 bridgehead atoms. The molecule has 0 radical (unpaired) electrons. The minimum atomic E-state index is -0.0869. The minimum Gasteiger partial charge on any atom is -0.419 e. The van der Waals surface area contributed by atoms with E-state index in [1.54, 1.807) is 12.1 Å². The van der Waals surface area contributed by atoms with Gasteiger partial charge in [-0.15, -0.1) is 10.2 Å². The molecular weight excluding hydrogens is 345 g/mol. The predicted octanol–water partition coefficient (Wildman–Crippen LogP) is 5.46. The summed E-state index contributed by atoms with van der Waals surface area (Å²) in [5, 5.41) is 13.0. The number of nitrogens with zero attached hydrogens (tertiary/aromatic N) is 2. The highest BCUT2D eigenvalue weighted by molar-refractivity contribution is 6.31. The van der Waals surface area contributed by atoms with Gasteiger partial charge in [0.2, 0.25) is 11.8 Å². The molecule has 2 atom stereocenters. The van der Waals surface area contributed by atoms with Gasteiger partial charge < -0.3 is 4.42 Å². The lowest BCUT2D eigenvalue weighted by Crippen LogP contribution is -2.22. The predicted molar refractivity (Wildman–Crippen MR) is 96.2 cm³/mol. The molecule has 6 heteroatoms. The standard InChI is InChI=1S/C18H17Cl2N3O/c1-11(13-6-8-15(19)9-7-13)21-12(2)17-22-23-18(24-17)14-4-3-5-16(20)10-14/h3-12,21H,1-2H3/t11-,12+/m0/s1. The molecule has 0 aliphatic heterocycles. The van der Waals surface area contributed by atoms with E-state index < -0.39 is 0 Å². The van der Waals surface area contributed by atoms with Crippen LogP contribution in [0.5, 0.6) is 0 Å². The quantitative estimate of drug-likeness (QED) is 0.655. The molecule has 0 unspecified atom stereocenters. The van der Waals surface area contributed by atoms with Crippen LogP contribution >= 0.6 is 23.2 Å². The van der Waals surface area contributed by atoms with Crippen LogP contribution in [0.2, 0.25) is 10.0 Å². The Kier molecular flexibility index (Phi) is 5.19. The van der Waals surface area contributed by atoms with E-state index in [0.29, 0.717) is 16.8 Å². The SMILES string of the molecule is C[C@H](N[C@H](C)c1nnc(-c2cccc(Cl)c2)o1)c1ccc(Cl)cc1. The van der Waals surface area contributed by atoms with E-state index in [9.17, 15) is 0 Å². The van der Waals surface area contributed by atoms with Crippen LogP contribution in [0.25, 0.3) is 11.5 Å². The van der Waals surface area contributed by atoms with E-state index in [-0.39, 0.29) is 12.1 Å². The van der Waals surface area contributed by atoms with Gasteiger partial charge in [-0.25, -0.2) is 0 Å². The third kappa shape index (κ3) is 3.96. The summed E-state index contributed by atoms with van der Waals surface area (Å²) < 4.78 is 5.78. The van der Waals surface area contributed by atoms with Gasteiger partial charge in [0, 0.05) is 21.7 Å². The van der Waals surface area contributed by atoms with E-state index in [0.717, 1.165) is 16.1 Å². The Balaban J connectivity index is 1.71. The van der Waals surface area contributed by atoms with Crippen molar-refractivity contribution in [3.05, 3.63) is 70.0 Å². The summed E-state index contributed by atoms with van der Waals surface area (Å²) in [7, 11) is 0. The van der Waals surface area contributed by atoms with Crippen molar-refractivity contribution in [1.82, 2.24) is 15.5 Å². The molecule has 0 aliphatic rings. The average Bonchev–Trinajstić information content (AvgIpc) is 3.05. The van der Waals surface area contributed by atoms with Crippen LogP contribution < -0.4 is 5.32 Å². The normalized spacial score (nSPS) is 13.7. The van der Waals surface area contributed by atoms with Gasteiger partial charge >= 0.3 is 0 Å². The highest BCUT2D eigenvalue weighted by Crippen LogP contribution is 2.25. The fourth-order valence-corrected chi connectivity index (χ4v) is 2.76. The monoisotopic (exact) mass is 361 g/mol. The summed E-state index contributed by atoms with van der Waals surface area (Å²) in [5.41, 5.74) is 1.94. The number of aromatic nitrogens is 2. The maximum atomic E-state index is 6.00. The Morgan fingerprint density at radius 1 is 0.917 bits per heavy atom. The summed E-state index contributed by atoms with van der Waals surface area (Å²) in [6, 6.07) is 15.1. The van der Waals surface area contributed by atoms with Gasteiger partial charge in [0.15, 0.2) is 0 Å². The van der Waals surface area contributed by atoms with Gasteiger partial charge in [-0.2, -0.15) is 0 Å². The molecule has 1 aromatic heterocycles. The van der Waals surface area contributed by atoms with Crippen molar-refractivity contribution >= 4 is 23.2 Å². The van der Waals surface area contributed by atoms with Crippen LogP contribution in [0.15, 0.2) is 52.9 Å². The molecule has 0 aliphatic carbocycles. The number of benzene rings is 2. The number of rotatable bonds is 5. The molecule has 0 saturated heterocycles. The Hall–Kier alpha value is -1.88. The second-order valence-electron chi connectivity index (χ2n) is 5.62. The highest BCUT2D eigenvalue weighted by atomic mass is 35.5. The molecule has 1 N–H and O–H groups in total. The van der Waals surface area contributed by atoms with Crippen molar-refractivity contribution in [1.29, 1.82) is 0 Å². The highest BCUT2D eigenvalue weighted by Gasteiger charge is 2.17. The first kappa shape index (κ1) is 17.0. The van der Waals surface area contributed by atoms with Gasteiger partial charge in [0.25, 0.3) is 0 Å². The first-order chi connectivity index (χ1) is 11.5. The zero-order valence-electron chi connectivity index (χ0n) is 13.3. The third-order valence-electron chi connectivity index (χ3n) is 3.75. The molecule has 0 fully saturated rings. The van der Waals surface area contributed by atoms with Gasteiger partial charge in [-0.05, 0) is 49.7 Å². The van der Waals surface area contributed by atoms with Gasteiger partial charge in [-0.1, -0.05) is 41.4 Å². The summed E-state index contributed by atoms with van der Waals surface area (Å²) in [6.07, 6.45) is 0. The van der Waals surface area contributed by atoms with Crippen LogP contribution in [0, 0.1) is 0 Å². The van der Waals surface area contributed by atoms with E-state index in [1.165, 1.54) is 0 Å². The molecule has 0 saturated carbocycles. The molecule has 3 rings (SSSR count). The summed E-state index contributed by atoms with van der Waals surface area (Å²) in [4.78, 5) is 0. The van der Waals surface area contributed by atoms with E-state index >= 15 is 0 Å². The molecule has 2 aromatic carbocycles. The zero-order valence-corrected chi connectivity index (χ0v) is 14.8. The Bertz CT molecular complexity index is 817. The third-order valence-corrected chi connectivity index (χ3v) is 4.24. The average molecular weight is 362 g/mol. The summed E-state index contributed by atoms with van der Waals surface area (Å²) in [5.74, 6) is 0.992. The molecule has 124 valence electrons. The largest absolute Gasteiger partial charge is 0.419 e. The number of hydrogen-bond donors (Lipinski definition) is 1. The van der Waals surface area contributed by atoms with Crippen molar-refractivity contribution in [3.8, 4) is 11.5 Å². The first-order valence-corrected chi connectivity index (χ1v) is 8.39. The Morgan fingerprint density at radius 2 is 1.67 bits per heavy atom. The molecule has 24 heavy (non-hydrogen) atoms. The van der Waals surface area contributed by atoms with Crippen molar-refractivity contribution in [2.24, 2.45) is 0 Å². The van der Waals surface area contributed by atoms with E-state index in [4.69, 9.17) is 27.6 Å². The first-order valence-electron chi connectivity index (χ1n) is 7.64. The number of nitrogens with one attached hydrogen (secondary N) is 1. The number of halogens is 2. The lowest BCUT2D eigenvalue weighted by Gasteiger charge is -2.17. The van der Waals surface area contributed by atoms with Gasteiger partial charge in [0.1, 0.15) is 0 Å². The van der Waals surface area contributed by atoms with Crippen molar-refractivity contribution in [2.75, 3.05) is 0 Å². The van der Waals surface area contributed by atoms with Crippen molar-refractivity contribution < 1.29 is 4.42 Å². The Labute approximate surface area is 150 Å². The maximum Gasteiger partial charge on any atom is 0.247 e. The molecule has 1 heterocycles. The van der Waals surface area contributed by atoms with Crippen LogP contribution in [0.1, 0.15) is 37.4 Å². The van der Waals surface area contributed by atoms with Crippen LogP contribution in [-0.2, 0) is 0 Å². The van der Waals surface area contributed by atoms with Gasteiger partial charge in [0.05, 0.1) is 6.04 Å². The second kappa shape index (κ2) is 7.34. The van der Waals surface area contributed by atoms with E-state index in [2.05, 4.69) is 22.4 Å². The maximum absolute atomic E-state index is 6.00. The zero-order chi connectivity index (χ0) is 17.1. The van der Waals surface area contributed by atoms with Gasteiger partial charge in [-0.3, -0.25) is 5.32 Å². The smallest absolute Gasteiger partial charge is 0.247 e. The second-order valence-corrected chi connectivity index (χ2v) is 6.49. The molecule has 3 aromatic rings. The van der Waals surface area contributed by atoms with E-state index in [1.807, 2.05) is 43.3 Å². The number of hydrogen-bond acceptors (Lipinski definition) is 4. The fourth-order valence-electron chi connectivity index (χ4n) is 2.44. The van der Waals surface area contributed by atoms with Crippen molar-refractivity contribution in [3.63, 3.8) is 0 Å². The molecule has 4 nitrogen and oxygen atoms in total. The molecular formula is C18H17Cl2N3O. The topological polar surface area (TPSA) is 51.0 Å². The molecule has 0 amide bonds. The minimum absolute atomic E-state index is 0.0869. The van der Waals surface area contributed by atoms with Crippen LogP contribution in [0.3, 0.4) is 0 Å². The van der Waals surface area contributed by atoms with Crippen LogP contribution in [-0.4, -0.2) is 10.2 Å². The Morgan fingerprint density at radius 3 is 2.38 bits per heavy atom. The van der Waals surface area contributed by atoms with Crippen molar-refractivity contribution in [2.45, 2.75) is 25.9 Å². The lowest BCUT2D eigenvalue weighted by atomic mass is 10.1. The molecule has 0 spiro atoms. The summed E-state index contributed by atoms with van der Waals surface area (Å²) in [6.45, 7) is 4.07. The lowest BCUT2D eigenvalue weighted by molar-refractivity contribution is 0.395.